The van der Waals surface area contributed by atoms with E-state index >= 15 is 0 Å². The summed E-state index contributed by atoms with van der Waals surface area (Å²) in [5.41, 5.74) is 0.00572. The van der Waals surface area contributed by atoms with Gasteiger partial charge in [-0.15, -0.1) is 0 Å². The Bertz CT molecular complexity index is 897. The molecular formula is C20H21F3N4O. The molecule has 1 aromatic carbocycles. The fraction of sp³-hybridized carbons (Fsp3) is 0.350. The van der Waals surface area contributed by atoms with Crippen molar-refractivity contribution in [3.63, 3.8) is 0 Å². The minimum absolute atomic E-state index is 0.107. The van der Waals surface area contributed by atoms with E-state index in [0.29, 0.717) is 17.2 Å². The Morgan fingerprint density at radius 2 is 2.00 bits per heavy atom. The van der Waals surface area contributed by atoms with Gasteiger partial charge >= 0.3 is 0 Å². The predicted octanol–water partition coefficient (Wildman–Crippen LogP) is 4.33. The highest BCUT2D eigenvalue weighted by Gasteiger charge is 2.22. The first-order chi connectivity index (χ1) is 13.3. The molecule has 28 heavy (non-hydrogen) atoms. The number of halogens is 3. The van der Waals surface area contributed by atoms with Crippen molar-refractivity contribution in [1.29, 1.82) is 0 Å². The second-order valence-corrected chi connectivity index (χ2v) is 6.75. The van der Waals surface area contributed by atoms with Crippen molar-refractivity contribution in [3.05, 3.63) is 58.8 Å². The van der Waals surface area contributed by atoms with E-state index in [2.05, 4.69) is 20.6 Å². The highest BCUT2D eigenvalue weighted by Crippen LogP contribution is 2.29. The van der Waals surface area contributed by atoms with Crippen molar-refractivity contribution in [3.8, 4) is 0 Å². The number of nitrogens with zero attached hydrogens (tertiary/aromatic N) is 2. The average Bonchev–Trinajstić information content (AvgIpc) is 3.44. The Morgan fingerprint density at radius 3 is 2.68 bits per heavy atom. The third-order valence-electron chi connectivity index (χ3n) is 4.39. The van der Waals surface area contributed by atoms with E-state index in [1.165, 1.54) is 18.2 Å². The number of alkyl halides is 2. The topological polar surface area (TPSA) is 66.9 Å². The lowest BCUT2D eigenvalue weighted by Crippen LogP contribution is -2.22. The number of benzene rings is 1. The molecule has 0 bridgehead atoms. The third kappa shape index (κ3) is 4.88. The highest BCUT2D eigenvalue weighted by atomic mass is 19.3. The van der Waals surface area contributed by atoms with Gasteiger partial charge < -0.3 is 10.6 Å². The molecule has 1 fully saturated rings. The van der Waals surface area contributed by atoms with Gasteiger partial charge in [0.05, 0.1) is 11.6 Å². The molecule has 1 aliphatic carbocycles. The smallest absolute Gasteiger partial charge is 0.266 e. The van der Waals surface area contributed by atoms with Crippen LogP contribution in [0.15, 0.2) is 30.5 Å². The maximum absolute atomic E-state index is 14.4. The SMILES string of the molecule is Cc1ncc(/C=C/C(=O)NC2CC2)c(N[C@H](C)c2cccc(C(F)F)c2F)n1. The zero-order chi connectivity index (χ0) is 20.3. The molecule has 148 valence electrons. The van der Waals surface area contributed by atoms with Crippen LogP contribution in [0.1, 0.15) is 54.7 Å². The largest absolute Gasteiger partial charge is 0.363 e. The zero-order valence-corrected chi connectivity index (χ0v) is 15.5. The number of nitrogens with one attached hydrogen (secondary N) is 2. The summed E-state index contributed by atoms with van der Waals surface area (Å²) in [5.74, 6) is -0.282. The van der Waals surface area contributed by atoms with Gasteiger partial charge in [0, 0.05) is 29.4 Å². The quantitative estimate of drug-likeness (QED) is 0.691. The molecule has 1 heterocycles. The summed E-state index contributed by atoms with van der Waals surface area (Å²) >= 11 is 0. The third-order valence-corrected chi connectivity index (χ3v) is 4.39. The summed E-state index contributed by atoms with van der Waals surface area (Å²) in [7, 11) is 0. The molecule has 0 spiro atoms. The number of amides is 1. The van der Waals surface area contributed by atoms with E-state index in [1.807, 2.05) is 0 Å². The molecule has 3 rings (SSSR count). The summed E-state index contributed by atoms with van der Waals surface area (Å²) in [6, 6.07) is 3.53. The number of hydrogen-bond acceptors (Lipinski definition) is 4. The number of anilines is 1. The molecule has 1 aliphatic rings. The summed E-state index contributed by atoms with van der Waals surface area (Å²) in [5, 5.41) is 5.87. The summed E-state index contributed by atoms with van der Waals surface area (Å²) in [6.45, 7) is 3.35. The summed E-state index contributed by atoms with van der Waals surface area (Å²) in [6.07, 6.45) is 3.58. The summed E-state index contributed by atoms with van der Waals surface area (Å²) in [4.78, 5) is 20.3. The van der Waals surface area contributed by atoms with Crippen LogP contribution in [0.25, 0.3) is 6.08 Å². The van der Waals surface area contributed by atoms with Crippen molar-refractivity contribution in [2.45, 2.75) is 45.2 Å². The average molecular weight is 390 g/mol. The molecule has 5 nitrogen and oxygen atoms in total. The van der Waals surface area contributed by atoms with Crippen LogP contribution in [0.5, 0.6) is 0 Å². The molecule has 8 heteroatoms. The first-order valence-electron chi connectivity index (χ1n) is 9.00. The second kappa shape index (κ2) is 8.41. The van der Waals surface area contributed by atoms with Gasteiger partial charge in [0.1, 0.15) is 17.5 Å². The monoisotopic (exact) mass is 390 g/mol. The standard InChI is InChI=1S/C20H21F3N4O/c1-11(15-4-3-5-16(18(15)21)19(22)23)25-20-13(10-24-12(2)26-20)6-9-17(28)27-14-7-8-14/h3-6,9-11,14,19H,7-8H2,1-2H3,(H,27,28)(H,24,25,26)/b9-6+/t11-/m1/s1. The van der Waals surface area contributed by atoms with E-state index in [1.54, 1.807) is 26.1 Å². The van der Waals surface area contributed by atoms with Crippen molar-refractivity contribution in [2.75, 3.05) is 5.32 Å². The van der Waals surface area contributed by atoms with Gasteiger partial charge in [0.15, 0.2) is 0 Å². The van der Waals surface area contributed by atoms with Crippen LogP contribution in [0.2, 0.25) is 0 Å². The Kier molecular flexibility index (Phi) is 5.96. The maximum Gasteiger partial charge on any atom is 0.266 e. The zero-order valence-electron chi connectivity index (χ0n) is 15.5. The van der Waals surface area contributed by atoms with Gasteiger partial charge in [0.25, 0.3) is 6.43 Å². The van der Waals surface area contributed by atoms with Crippen molar-refractivity contribution < 1.29 is 18.0 Å². The Morgan fingerprint density at radius 1 is 1.29 bits per heavy atom. The number of aryl methyl sites for hydroxylation is 1. The van der Waals surface area contributed by atoms with Crippen molar-refractivity contribution in [1.82, 2.24) is 15.3 Å². The van der Waals surface area contributed by atoms with Crippen LogP contribution in [-0.4, -0.2) is 21.9 Å². The van der Waals surface area contributed by atoms with Crippen molar-refractivity contribution >= 4 is 17.8 Å². The normalized spacial score (nSPS) is 15.1. The Balaban J connectivity index is 1.81. The van der Waals surface area contributed by atoms with Crippen LogP contribution in [-0.2, 0) is 4.79 Å². The van der Waals surface area contributed by atoms with Crippen LogP contribution in [0, 0.1) is 12.7 Å². The molecule has 1 atom stereocenters. The number of rotatable bonds is 7. The van der Waals surface area contributed by atoms with Crippen LogP contribution in [0.3, 0.4) is 0 Å². The second-order valence-electron chi connectivity index (χ2n) is 6.75. The van der Waals surface area contributed by atoms with E-state index in [9.17, 15) is 18.0 Å². The number of hydrogen-bond donors (Lipinski definition) is 2. The van der Waals surface area contributed by atoms with Gasteiger partial charge in [-0.3, -0.25) is 4.79 Å². The minimum atomic E-state index is -2.89. The van der Waals surface area contributed by atoms with Gasteiger partial charge in [0.2, 0.25) is 5.91 Å². The first kappa shape index (κ1) is 19.9. The summed E-state index contributed by atoms with van der Waals surface area (Å²) < 4.78 is 40.3. The fourth-order valence-electron chi connectivity index (χ4n) is 2.71. The lowest BCUT2D eigenvalue weighted by atomic mass is 10.0. The molecule has 0 radical (unpaired) electrons. The van der Waals surface area contributed by atoms with Gasteiger partial charge in [-0.2, -0.15) is 0 Å². The first-order valence-corrected chi connectivity index (χ1v) is 9.00. The van der Waals surface area contributed by atoms with Gasteiger partial charge in [-0.25, -0.2) is 23.1 Å². The number of carbonyl (C=O) groups excluding carboxylic acids is 1. The van der Waals surface area contributed by atoms with Crippen LogP contribution in [0.4, 0.5) is 19.0 Å². The van der Waals surface area contributed by atoms with Gasteiger partial charge in [-0.1, -0.05) is 18.2 Å². The van der Waals surface area contributed by atoms with Crippen LogP contribution < -0.4 is 10.6 Å². The highest BCUT2D eigenvalue weighted by molar-refractivity contribution is 5.92. The Hall–Kier alpha value is -2.90. The lowest BCUT2D eigenvalue weighted by Gasteiger charge is -2.18. The molecule has 1 saturated carbocycles. The maximum atomic E-state index is 14.4. The molecule has 2 N–H and O–H groups in total. The van der Waals surface area contributed by atoms with Crippen LogP contribution >= 0.6 is 0 Å². The predicted molar refractivity (Wildman–Crippen MR) is 100 cm³/mol. The van der Waals surface area contributed by atoms with Crippen molar-refractivity contribution in [2.24, 2.45) is 0 Å². The molecule has 1 aromatic heterocycles. The molecule has 0 aliphatic heterocycles. The van der Waals surface area contributed by atoms with E-state index in [4.69, 9.17) is 0 Å². The van der Waals surface area contributed by atoms with E-state index in [-0.39, 0.29) is 17.5 Å². The molecule has 1 amide bonds. The molecule has 0 saturated heterocycles. The minimum Gasteiger partial charge on any atom is -0.363 e. The van der Waals surface area contributed by atoms with E-state index in [0.717, 1.165) is 18.9 Å². The lowest BCUT2D eigenvalue weighted by molar-refractivity contribution is -0.116. The molecular weight excluding hydrogens is 369 g/mol. The molecule has 2 aromatic rings. The van der Waals surface area contributed by atoms with E-state index < -0.39 is 23.8 Å². The Labute approximate surface area is 161 Å². The fourth-order valence-corrected chi connectivity index (χ4v) is 2.71. The number of aromatic nitrogens is 2. The molecule has 0 unspecified atom stereocenters. The number of carbonyl (C=O) groups is 1. The van der Waals surface area contributed by atoms with Gasteiger partial charge in [-0.05, 0) is 32.8 Å².